The summed E-state index contributed by atoms with van der Waals surface area (Å²) in [5, 5.41) is 3.65. The van der Waals surface area contributed by atoms with Crippen LogP contribution in [0.5, 0.6) is 0 Å². The fourth-order valence-corrected chi connectivity index (χ4v) is 3.97. The van der Waals surface area contributed by atoms with Crippen molar-refractivity contribution in [2.24, 2.45) is 0 Å². The lowest BCUT2D eigenvalue weighted by Crippen LogP contribution is -2.41. The second-order valence-electron chi connectivity index (χ2n) is 6.74. The highest BCUT2D eigenvalue weighted by Crippen LogP contribution is 2.41. The van der Waals surface area contributed by atoms with E-state index >= 15 is 0 Å². The quantitative estimate of drug-likeness (QED) is 0.613. The lowest BCUT2D eigenvalue weighted by Gasteiger charge is -2.40. The maximum absolute atomic E-state index is 3.65. The highest BCUT2D eigenvalue weighted by atomic mass is 14.9. The van der Waals surface area contributed by atoms with Crippen molar-refractivity contribution < 1.29 is 0 Å². The van der Waals surface area contributed by atoms with E-state index in [0.29, 0.717) is 5.41 Å². The Morgan fingerprint density at radius 1 is 1.05 bits per heavy atom. The number of likely N-dealkylation sites (N-methyl/N-ethyl adjacent to an activating group) is 1. The summed E-state index contributed by atoms with van der Waals surface area (Å²) in [7, 11) is 0. The van der Waals surface area contributed by atoms with Gasteiger partial charge in [0.05, 0.1) is 0 Å². The predicted octanol–water partition coefficient (Wildman–Crippen LogP) is 5.23. The molecule has 0 saturated heterocycles. The van der Waals surface area contributed by atoms with Crippen molar-refractivity contribution in [3.63, 3.8) is 0 Å². The highest BCUT2D eigenvalue weighted by molar-refractivity contribution is 5.37. The molecule has 0 amide bonds. The zero-order chi connectivity index (χ0) is 15.0. The van der Waals surface area contributed by atoms with Crippen molar-refractivity contribution in [2.75, 3.05) is 13.1 Å². The van der Waals surface area contributed by atoms with Crippen LogP contribution in [-0.2, 0) is 11.8 Å². The Balaban J connectivity index is 2.07. The van der Waals surface area contributed by atoms with Crippen LogP contribution in [0, 0.1) is 0 Å². The van der Waals surface area contributed by atoms with Gasteiger partial charge in [-0.15, -0.1) is 0 Å². The fraction of sp³-hybridized carbons (Fsp3) is 0.700. The first-order valence-corrected chi connectivity index (χ1v) is 9.11. The predicted molar refractivity (Wildman–Crippen MR) is 93.0 cm³/mol. The number of hydrogen-bond donors (Lipinski definition) is 1. The van der Waals surface area contributed by atoms with Gasteiger partial charge >= 0.3 is 0 Å². The van der Waals surface area contributed by atoms with Crippen LogP contribution >= 0.6 is 0 Å². The highest BCUT2D eigenvalue weighted by Gasteiger charge is 2.35. The van der Waals surface area contributed by atoms with Crippen molar-refractivity contribution >= 4 is 0 Å². The van der Waals surface area contributed by atoms with Crippen LogP contribution in [0.25, 0.3) is 0 Å². The summed E-state index contributed by atoms with van der Waals surface area (Å²) in [5.41, 5.74) is 3.65. The molecule has 1 aliphatic carbocycles. The first-order chi connectivity index (χ1) is 10.3. The minimum absolute atomic E-state index is 0.400. The van der Waals surface area contributed by atoms with E-state index in [1.54, 1.807) is 11.1 Å². The molecule has 1 nitrogen and oxygen atoms in total. The SMILES string of the molecule is CCCCCCCC1(CNCC)CCCc2ccccc21. The number of nitrogens with one attached hydrogen (secondary N) is 1. The van der Waals surface area contributed by atoms with E-state index in [9.17, 15) is 0 Å². The van der Waals surface area contributed by atoms with Gasteiger partial charge in [0, 0.05) is 12.0 Å². The molecular weight excluding hydrogens is 254 g/mol. The Morgan fingerprint density at radius 2 is 1.86 bits per heavy atom. The summed E-state index contributed by atoms with van der Waals surface area (Å²) in [6.45, 7) is 6.77. The molecule has 2 rings (SSSR count). The molecule has 1 N–H and O–H groups in total. The summed E-state index contributed by atoms with van der Waals surface area (Å²) >= 11 is 0. The molecule has 0 aliphatic heterocycles. The third-order valence-corrected chi connectivity index (χ3v) is 5.16. The summed E-state index contributed by atoms with van der Waals surface area (Å²) in [4.78, 5) is 0. The Hall–Kier alpha value is -0.820. The second-order valence-corrected chi connectivity index (χ2v) is 6.74. The molecule has 0 radical (unpaired) electrons. The molecule has 0 aromatic heterocycles. The van der Waals surface area contributed by atoms with E-state index in [4.69, 9.17) is 0 Å². The normalized spacial score (nSPS) is 21.2. The Kier molecular flexibility index (Phi) is 6.76. The van der Waals surface area contributed by atoms with Crippen LogP contribution < -0.4 is 5.32 Å². The number of benzene rings is 1. The van der Waals surface area contributed by atoms with E-state index in [-0.39, 0.29) is 0 Å². The van der Waals surface area contributed by atoms with Crippen LogP contribution in [0.1, 0.15) is 76.3 Å². The molecule has 1 atom stereocenters. The van der Waals surface area contributed by atoms with Gasteiger partial charge in [0.15, 0.2) is 0 Å². The fourth-order valence-electron chi connectivity index (χ4n) is 3.97. The van der Waals surface area contributed by atoms with E-state index in [1.807, 2.05) is 0 Å². The maximum Gasteiger partial charge on any atom is 0.00806 e. The van der Waals surface area contributed by atoms with Gasteiger partial charge in [0.25, 0.3) is 0 Å². The third-order valence-electron chi connectivity index (χ3n) is 5.16. The molecule has 0 spiro atoms. The van der Waals surface area contributed by atoms with Crippen LogP contribution in [0.3, 0.4) is 0 Å². The van der Waals surface area contributed by atoms with Gasteiger partial charge in [-0.3, -0.25) is 0 Å². The largest absolute Gasteiger partial charge is 0.316 e. The average molecular weight is 287 g/mol. The molecule has 21 heavy (non-hydrogen) atoms. The van der Waals surface area contributed by atoms with Crippen LogP contribution in [0.2, 0.25) is 0 Å². The molecule has 0 saturated carbocycles. The van der Waals surface area contributed by atoms with Gasteiger partial charge in [-0.2, -0.15) is 0 Å². The zero-order valence-electron chi connectivity index (χ0n) is 14.1. The van der Waals surface area contributed by atoms with Gasteiger partial charge < -0.3 is 5.32 Å². The van der Waals surface area contributed by atoms with Crippen molar-refractivity contribution in [1.29, 1.82) is 0 Å². The Morgan fingerprint density at radius 3 is 2.67 bits per heavy atom. The van der Waals surface area contributed by atoms with Crippen LogP contribution in [-0.4, -0.2) is 13.1 Å². The number of rotatable bonds is 9. The minimum atomic E-state index is 0.400. The summed E-state index contributed by atoms with van der Waals surface area (Å²) in [6.07, 6.45) is 12.3. The second kappa shape index (κ2) is 8.58. The maximum atomic E-state index is 3.65. The molecular formula is C20H33N. The van der Waals surface area contributed by atoms with Gasteiger partial charge in [-0.25, -0.2) is 0 Å². The molecule has 1 aromatic rings. The molecule has 0 heterocycles. The lowest BCUT2D eigenvalue weighted by molar-refractivity contribution is 0.307. The topological polar surface area (TPSA) is 12.0 Å². The molecule has 1 aliphatic rings. The smallest absolute Gasteiger partial charge is 0.00806 e. The van der Waals surface area contributed by atoms with Crippen LogP contribution in [0.4, 0.5) is 0 Å². The first kappa shape index (κ1) is 16.5. The van der Waals surface area contributed by atoms with E-state index in [0.717, 1.165) is 13.1 Å². The van der Waals surface area contributed by atoms with Crippen LogP contribution in [0.15, 0.2) is 24.3 Å². The third kappa shape index (κ3) is 4.32. The lowest BCUT2D eigenvalue weighted by atomic mass is 9.67. The van der Waals surface area contributed by atoms with Gasteiger partial charge in [0.1, 0.15) is 0 Å². The standard InChI is InChI=1S/C20H33N/c1-3-5-6-7-10-15-20(17-21-4-2)16-11-13-18-12-8-9-14-19(18)20/h8-9,12,14,21H,3-7,10-11,13,15-17H2,1-2H3. The number of unbranched alkanes of at least 4 members (excludes halogenated alkanes) is 4. The minimum Gasteiger partial charge on any atom is -0.316 e. The summed E-state index contributed by atoms with van der Waals surface area (Å²) < 4.78 is 0. The average Bonchev–Trinajstić information content (AvgIpc) is 2.53. The monoisotopic (exact) mass is 287 g/mol. The van der Waals surface area contributed by atoms with E-state index in [1.165, 1.54) is 57.8 Å². The Labute approximate surface area is 131 Å². The van der Waals surface area contributed by atoms with Crippen molar-refractivity contribution in [1.82, 2.24) is 5.32 Å². The van der Waals surface area contributed by atoms with E-state index < -0.39 is 0 Å². The molecule has 1 unspecified atom stereocenters. The zero-order valence-corrected chi connectivity index (χ0v) is 14.1. The van der Waals surface area contributed by atoms with Gasteiger partial charge in [-0.05, 0) is 43.4 Å². The van der Waals surface area contributed by atoms with Gasteiger partial charge in [-0.1, -0.05) is 70.2 Å². The summed E-state index contributed by atoms with van der Waals surface area (Å²) in [6, 6.07) is 9.20. The number of aryl methyl sites for hydroxylation is 1. The molecule has 1 aromatic carbocycles. The number of hydrogen-bond acceptors (Lipinski definition) is 1. The van der Waals surface area contributed by atoms with E-state index in [2.05, 4.69) is 43.4 Å². The Bertz CT molecular complexity index is 412. The summed E-state index contributed by atoms with van der Waals surface area (Å²) in [5.74, 6) is 0. The number of fused-ring (bicyclic) bond motifs is 1. The van der Waals surface area contributed by atoms with Crippen molar-refractivity contribution in [3.8, 4) is 0 Å². The first-order valence-electron chi connectivity index (χ1n) is 9.11. The molecule has 0 fully saturated rings. The van der Waals surface area contributed by atoms with Crippen molar-refractivity contribution in [2.45, 2.75) is 77.0 Å². The van der Waals surface area contributed by atoms with Crippen molar-refractivity contribution in [3.05, 3.63) is 35.4 Å². The van der Waals surface area contributed by atoms with Gasteiger partial charge in [0.2, 0.25) is 0 Å². The molecule has 0 bridgehead atoms. The molecule has 1 heteroatoms. The molecule has 118 valence electrons.